The lowest BCUT2D eigenvalue weighted by molar-refractivity contribution is 0.102. The van der Waals surface area contributed by atoms with Crippen molar-refractivity contribution in [2.45, 2.75) is 0 Å². The molecule has 1 N–H and O–H groups in total. The molecule has 0 bridgehead atoms. The van der Waals surface area contributed by atoms with E-state index in [-0.39, 0.29) is 5.91 Å². The molecule has 2 rings (SSSR count). The smallest absolute Gasteiger partial charge is 0.255 e. The Balaban J connectivity index is 2.26. The predicted molar refractivity (Wildman–Crippen MR) is 92.9 cm³/mol. The highest BCUT2D eigenvalue weighted by Gasteiger charge is 2.11. The van der Waals surface area contributed by atoms with E-state index in [1.807, 2.05) is 49.3 Å². The zero-order valence-corrected chi connectivity index (χ0v) is 14.1. The molecular weight excluding hydrogens is 387 g/mol. The van der Waals surface area contributed by atoms with Gasteiger partial charge >= 0.3 is 0 Å². The highest BCUT2D eigenvalue weighted by Crippen LogP contribution is 2.25. The molecule has 20 heavy (non-hydrogen) atoms. The van der Waals surface area contributed by atoms with Crippen molar-refractivity contribution in [2.75, 3.05) is 24.3 Å². The monoisotopic (exact) mass is 400 g/mol. The first-order valence-corrected chi connectivity index (χ1v) is 7.47. The highest BCUT2D eigenvalue weighted by molar-refractivity contribution is 14.1. The Kier molecular flexibility index (Phi) is 4.88. The summed E-state index contributed by atoms with van der Waals surface area (Å²) in [4.78, 5) is 14.2. The lowest BCUT2D eigenvalue weighted by Gasteiger charge is -2.17. The number of amides is 1. The van der Waals surface area contributed by atoms with Gasteiger partial charge in [-0.1, -0.05) is 23.7 Å². The van der Waals surface area contributed by atoms with E-state index < -0.39 is 0 Å². The number of rotatable bonds is 3. The van der Waals surface area contributed by atoms with Crippen LogP contribution in [0.4, 0.5) is 11.4 Å². The van der Waals surface area contributed by atoms with Gasteiger partial charge in [0.2, 0.25) is 0 Å². The number of para-hydroxylation sites is 2. The van der Waals surface area contributed by atoms with Gasteiger partial charge in [0.15, 0.2) is 0 Å². The molecule has 1 amide bonds. The fraction of sp³-hybridized carbons (Fsp3) is 0.133. The van der Waals surface area contributed by atoms with Gasteiger partial charge in [0.05, 0.1) is 16.4 Å². The van der Waals surface area contributed by atoms with Crippen molar-refractivity contribution in [2.24, 2.45) is 0 Å². The van der Waals surface area contributed by atoms with Crippen molar-refractivity contribution in [3.8, 4) is 0 Å². The van der Waals surface area contributed by atoms with E-state index in [0.717, 1.165) is 14.9 Å². The summed E-state index contributed by atoms with van der Waals surface area (Å²) >= 11 is 8.18. The van der Waals surface area contributed by atoms with Gasteiger partial charge in [-0.2, -0.15) is 0 Å². The number of carbonyl (C=O) groups excluding carboxylic acids is 1. The van der Waals surface area contributed by atoms with Crippen LogP contribution in [-0.4, -0.2) is 20.0 Å². The summed E-state index contributed by atoms with van der Waals surface area (Å²) in [6.07, 6.45) is 0. The molecule has 3 nitrogen and oxygen atoms in total. The van der Waals surface area contributed by atoms with Crippen molar-refractivity contribution >= 4 is 51.5 Å². The third-order valence-electron chi connectivity index (χ3n) is 2.82. The summed E-state index contributed by atoms with van der Waals surface area (Å²) in [6.45, 7) is 0. The highest BCUT2D eigenvalue weighted by atomic mass is 127. The normalized spacial score (nSPS) is 10.2. The summed E-state index contributed by atoms with van der Waals surface area (Å²) in [7, 11) is 3.87. The van der Waals surface area contributed by atoms with Crippen LogP contribution in [0.15, 0.2) is 42.5 Å². The van der Waals surface area contributed by atoms with Gasteiger partial charge in [-0.3, -0.25) is 4.79 Å². The van der Waals surface area contributed by atoms with Gasteiger partial charge in [0, 0.05) is 23.2 Å². The molecule has 104 valence electrons. The first-order chi connectivity index (χ1) is 9.49. The average molecular weight is 401 g/mol. The van der Waals surface area contributed by atoms with Crippen LogP contribution in [0.5, 0.6) is 0 Å². The van der Waals surface area contributed by atoms with Crippen LogP contribution < -0.4 is 10.2 Å². The molecule has 0 aromatic heterocycles. The van der Waals surface area contributed by atoms with E-state index in [1.54, 1.807) is 12.1 Å². The van der Waals surface area contributed by atoms with E-state index in [4.69, 9.17) is 11.6 Å². The Hall–Kier alpha value is -1.27. The molecule has 0 aliphatic heterocycles. The third kappa shape index (κ3) is 3.43. The number of nitrogens with zero attached hydrogens (tertiary/aromatic N) is 1. The van der Waals surface area contributed by atoms with Crippen molar-refractivity contribution in [1.29, 1.82) is 0 Å². The van der Waals surface area contributed by atoms with Crippen molar-refractivity contribution in [1.82, 2.24) is 0 Å². The molecule has 0 saturated carbocycles. The molecule has 0 spiro atoms. The molecule has 0 radical (unpaired) electrons. The summed E-state index contributed by atoms with van der Waals surface area (Å²) in [5.41, 5.74) is 2.28. The second kappa shape index (κ2) is 6.45. The van der Waals surface area contributed by atoms with Crippen LogP contribution in [0.1, 0.15) is 10.4 Å². The van der Waals surface area contributed by atoms with Gasteiger partial charge in [-0.15, -0.1) is 0 Å². The quantitative estimate of drug-likeness (QED) is 0.781. The predicted octanol–water partition coefficient (Wildman–Crippen LogP) is 4.26. The van der Waals surface area contributed by atoms with Crippen LogP contribution in [0.2, 0.25) is 5.02 Å². The van der Waals surface area contributed by atoms with Crippen LogP contribution in [0.3, 0.4) is 0 Å². The van der Waals surface area contributed by atoms with Gasteiger partial charge in [-0.05, 0) is 52.9 Å². The van der Waals surface area contributed by atoms with Gasteiger partial charge in [-0.25, -0.2) is 0 Å². The maximum Gasteiger partial charge on any atom is 0.255 e. The van der Waals surface area contributed by atoms with Crippen LogP contribution in [0, 0.1) is 3.57 Å². The molecule has 0 saturated heterocycles. The lowest BCUT2D eigenvalue weighted by Crippen LogP contribution is -2.16. The fourth-order valence-corrected chi connectivity index (χ4v) is 2.32. The van der Waals surface area contributed by atoms with E-state index in [9.17, 15) is 4.79 Å². The van der Waals surface area contributed by atoms with Gasteiger partial charge < -0.3 is 10.2 Å². The maximum atomic E-state index is 12.3. The number of carbonyl (C=O) groups is 1. The Morgan fingerprint density at radius 3 is 2.55 bits per heavy atom. The molecule has 0 atom stereocenters. The average Bonchev–Trinajstić information content (AvgIpc) is 2.42. The Morgan fingerprint density at radius 2 is 1.90 bits per heavy atom. The SMILES string of the molecule is CN(C)c1ccccc1NC(=O)c1ccc(I)c(Cl)c1. The minimum atomic E-state index is -0.169. The second-order valence-corrected chi connectivity index (χ2v) is 6.06. The van der Waals surface area contributed by atoms with Gasteiger partial charge in [0.1, 0.15) is 0 Å². The third-order valence-corrected chi connectivity index (χ3v) is 4.39. The van der Waals surface area contributed by atoms with Crippen molar-refractivity contribution in [3.05, 3.63) is 56.6 Å². The Labute approximate surface area is 137 Å². The Morgan fingerprint density at radius 1 is 1.20 bits per heavy atom. The van der Waals surface area contributed by atoms with E-state index in [2.05, 4.69) is 27.9 Å². The molecule has 2 aromatic rings. The van der Waals surface area contributed by atoms with E-state index >= 15 is 0 Å². The number of hydrogen-bond acceptors (Lipinski definition) is 2. The minimum Gasteiger partial charge on any atom is -0.376 e. The second-order valence-electron chi connectivity index (χ2n) is 4.49. The maximum absolute atomic E-state index is 12.3. The lowest BCUT2D eigenvalue weighted by atomic mass is 10.2. The Bertz CT molecular complexity index is 644. The number of halogens is 2. The number of anilines is 2. The summed E-state index contributed by atoms with van der Waals surface area (Å²) in [6, 6.07) is 12.9. The summed E-state index contributed by atoms with van der Waals surface area (Å²) in [5, 5.41) is 3.50. The zero-order chi connectivity index (χ0) is 14.7. The first-order valence-electron chi connectivity index (χ1n) is 6.02. The fourth-order valence-electron chi connectivity index (χ4n) is 1.80. The molecule has 0 aliphatic carbocycles. The molecule has 0 fully saturated rings. The minimum absolute atomic E-state index is 0.169. The molecule has 5 heteroatoms. The van der Waals surface area contributed by atoms with E-state index in [1.165, 1.54) is 0 Å². The van der Waals surface area contributed by atoms with Crippen LogP contribution >= 0.6 is 34.2 Å². The standard InChI is InChI=1S/C15H14ClIN2O/c1-19(2)14-6-4-3-5-13(14)18-15(20)10-7-8-12(17)11(16)9-10/h3-9H,1-2H3,(H,18,20). The largest absolute Gasteiger partial charge is 0.376 e. The number of nitrogens with one attached hydrogen (secondary N) is 1. The topological polar surface area (TPSA) is 32.3 Å². The number of benzene rings is 2. The molecular formula is C15H14ClIN2O. The van der Waals surface area contributed by atoms with Crippen molar-refractivity contribution < 1.29 is 4.79 Å². The van der Waals surface area contributed by atoms with Crippen LogP contribution in [0.25, 0.3) is 0 Å². The molecule has 0 aliphatic rings. The first kappa shape index (κ1) is 15.1. The summed E-state index contributed by atoms with van der Waals surface area (Å²) < 4.78 is 0.925. The van der Waals surface area contributed by atoms with E-state index in [0.29, 0.717) is 10.6 Å². The van der Waals surface area contributed by atoms with Crippen LogP contribution in [-0.2, 0) is 0 Å². The van der Waals surface area contributed by atoms with Crippen molar-refractivity contribution in [3.63, 3.8) is 0 Å². The summed E-state index contributed by atoms with van der Waals surface area (Å²) in [5.74, 6) is -0.169. The van der Waals surface area contributed by atoms with Gasteiger partial charge in [0.25, 0.3) is 5.91 Å². The zero-order valence-electron chi connectivity index (χ0n) is 11.2. The molecule has 0 unspecified atom stereocenters. The molecule has 2 aromatic carbocycles. The molecule has 0 heterocycles. The number of hydrogen-bond donors (Lipinski definition) is 1.